The molecule has 3 rings (SSSR count). The van der Waals surface area contributed by atoms with Gasteiger partial charge in [0.15, 0.2) is 9.84 Å². The fourth-order valence-electron chi connectivity index (χ4n) is 2.71. The Morgan fingerprint density at radius 2 is 1.96 bits per heavy atom. The Balaban J connectivity index is 1.68. The summed E-state index contributed by atoms with van der Waals surface area (Å²) in [7, 11) is -1.22. The van der Waals surface area contributed by atoms with Crippen LogP contribution in [0.1, 0.15) is 17.9 Å². The SMILES string of the molecule is CN(Cc1nc(-c2ccc(C(F)(F)F)cc2)no1)[C@H]1CCS(=O)(=O)C1. The van der Waals surface area contributed by atoms with E-state index in [2.05, 4.69) is 10.1 Å². The molecule has 25 heavy (non-hydrogen) atoms. The largest absolute Gasteiger partial charge is 0.416 e. The van der Waals surface area contributed by atoms with Crippen molar-refractivity contribution in [2.75, 3.05) is 18.6 Å². The fraction of sp³-hybridized carbons (Fsp3) is 0.467. The van der Waals surface area contributed by atoms with Crippen molar-refractivity contribution in [1.82, 2.24) is 15.0 Å². The molecular weight excluding hydrogens is 359 g/mol. The van der Waals surface area contributed by atoms with Crippen LogP contribution >= 0.6 is 0 Å². The third kappa shape index (κ3) is 4.18. The lowest BCUT2D eigenvalue weighted by Crippen LogP contribution is -2.32. The highest BCUT2D eigenvalue weighted by molar-refractivity contribution is 7.91. The zero-order chi connectivity index (χ0) is 18.2. The lowest BCUT2D eigenvalue weighted by molar-refractivity contribution is -0.137. The number of sulfone groups is 1. The first-order valence-electron chi connectivity index (χ1n) is 7.55. The van der Waals surface area contributed by atoms with Gasteiger partial charge in [0.2, 0.25) is 11.7 Å². The van der Waals surface area contributed by atoms with E-state index in [9.17, 15) is 21.6 Å². The summed E-state index contributed by atoms with van der Waals surface area (Å²) in [5.74, 6) is 0.740. The summed E-state index contributed by atoms with van der Waals surface area (Å²) < 4.78 is 65.9. The maximum absolute atomic E-state index is 12.6. The van der Waals surface area contributed by atoms with Gasteiger partial charge in [0.05, 0.1) is 23.6 Å². The third-order valence-electron chi connectivity index (χ3n) is 4.15. The molecule has 1 aromatic carbocycles. The van der Waals surface area contributed by atoms with Gasteiger partial charge in [-0.2, -0.15) is 18.2 Å². The maximum Gasteiger partial charge on any atom is 0.416 e. The lowest BCUT2D eigenvalue weighted by atomic mass is 10.1. The minimum atomic E-state index is -4.40. The number of hydrogen-bond donors (Lipinski definition) is 0. The van der Waals surface area contributed by atoms with Gasteiger partial charge in [0.1, 0.15) is 0 Å². The van der Waals surface area contributed by atoms with E-state index in [1.807, 2.05) is 4.90 Å². The van der Waals surface area contributed by atoms with Gasteiger partial charge in [-0.25, -0.2) is 8.42 Å². The molecule has 1 saturated heterocycles. The van der Waals surface area contributed by atoms with Crippen LogP contribution in [0.25, 0.3) is 11.4 Å². The van der Waals surface area contributed by atoms with Crippen molar-refractivity contribution in [2.24, 2.45) is 0 Å². The molecule has 0 amide bonds. The summed E-state index contributed by atoms with van der Waals surface area (Å²) >= 11 is 0. The summed E-state index contributed by atoms with van der Waals surface area (Å²) in [4.78, 5) is 6.00. The minimum absolute atomic E-state index is 0.101. The number of halogens is 3. The third-order valence-corrected chi connectivity index (χ3v) is 5.91. The minimum Gasteiger partial charge on any atom is -0.338 e. The van der Waals surface area contributed by atoms with Crippen LogP contribution in [0.3, 0.4) is 0 Å². The molecule has 0 spiro atoms. The number of alkyl halides is 3. The molecule has 6 nitrogen and oxygen atoms in total. The Bertz CT molecular complexity index is 847. The molecule has 2 heterocycles. The van der Waals surface area contributed by atoms with E-state index in [4.69, 9.17) is 4.52 Å². The van der Waals surface area contributed by atoms with Gasteiger partial charge in [-0.3, -0.25) is 4.90 Å². The number of rotatable bonds is 4. The van der Waals surface area contributed by atoms with Gasteiger partial charge in [0.25, 0.3) is 0 Å². The Morgan fingerprint density at radius 1 is 1.28 bits per heavy atom. The topological polar surface area (TPSA) is 76.3 Å². The van der Waals surface area contributed by atoms with Crippen molar-refractivity contribution in [3.8, 4) is 11.4 Å². The van der Waals surface area contributed by atoms with E-state index in [0.717, 1.165) is 12.1 Å². The monoisotopic (exact) mass is 375 g/mol. The number of benzene rings is 1. The number of nitrogens with zero attached hydrogens (tertiary/aromatic N) is 3. The first-order valence-corrected chi connectivity index (χ1v) is 9.37. The summed E-state index contributed by atoms with van der Waals surface area (Å²) in [6.45, 7) is 0.272. The van der Waals surface area contributed by atoms with Crippen molar-refractivity contribution in [3.05, 3.63) is 35.7 Å². The average Bonchev–Trinajstić information content (AvgIpc) is 3.13. The van der Waals surface area contributed by atoms with Crippen LogP contribution in [-0.4, -0.2) is 48.1 Å². The molecule has 0 radical (unpaired) electrons. The van der Waals surface area contributed by atoms with Crippen LogP contribution in [0, 0.1) is 0 Å². The Kier molecular flexibility index (Phi) is 4.58. The van der Waals surface area contributed by atoms with Gasteiger partial charge in [-0.05, 0) is 25.6 Å². The molecule has 1 aromatic heterocycles. The van der Waals surface area contributed by atoms with E-state index < -0.39 is 21.6 Å². The normalized spacial score (nSPS) is 20.3. The van der Waals surface area contributed by atoms with E-state index in [-0.39, 0.29) is 35.8 Å². The second kappa shape index (κ2) is 6.41. The molecule has 1 atom stereocenters. The van der Waals surface area contributed by atoms with E-state index in [1.54, 1.807) is 7.05 Å². The van der Waals surface area contributed by atoms with Gasteiger partial charge < -0.3 is 4.52 Å². The van der Waals surface area contributed by atoms with Crippen molar-refractivity contribution in [2.45, 2.75) is 25.2 Å². The number of hydrogen-bond acceptors (Lipinski definition) is 6. The Morgan fingerprint density at radius 3 is 2.52 bits per heavy atom. The Hall–Kier alpha value is -1.94. The lowest BCUT2D eigenvalue weighted by Gasteiger charge is -2.20. The van der Waals surface area contributed by atoms with E-state index in [1.165, 1.54) is 12.1 Å². The van der Waals surface area contributed by atoms with Gasteiger partial charge in [0, 0.05) is 11.6 Å². The molecule has 0 unspecified atom stereocenters. The van der Waals surface area contributed by atoms with Gasteiger partial charge in [-0.1, -0.05) is 17.3 Å². The zero-order valence-corrected chi connectivity index (χ0v) is 14.1. The summed E-state index contributed by atoms with van der Waals surface area (Å²) in [6.07, 6.45) is -3.84. The standard InChI is InChI=1S/C15H16F3N3O3S/c1-21(12-6-7-25(22,23)9-12)8-13-19-14(20-24-13)10-2-4-11(5-3-10)15(16,17)18/h2-5,12H,6-9H2,1H3/t12-/m0/s1. The summed E-state index contributed by atoms with van der Waals surface area (Å²) in [5.41, 5.74) is -0.337. The molecule has 136 valence electrons. The Labute approximate surface area is 142 Å². The molecule has 0 saturated carbocycles. The maximum atomic E-state index is 12.6. The smallest absolute Gasteiger partial charge is 0.338 e. The van der Waals surface area contributed by atoms with Gasteiger partial charge in [-0.15, -0.1) is 0 Å². The first kappa shape index (κ1) is 17.9. The molecular formula is C15H16F3N3O3S. The van der Waals surface area contributed by atoms with Crippen molar-refractivity contribution < 1.29 is 26.1 Å². The predicted molar refractivity (Wildman–Crippen MR) is 83.3 cm³/mol. The molecule has 1 aliphatic rings. The van der Waals surface area contributed by atoms with Crippen molar-refractivity contribution in [1.29, 1.82) is 0 Å². The van der Waals surface area contributed by atoms with Crippen LogP contribution in [-0.2, 0) is 22.6 Å². The molecule has 0 bridgehead atoms. The van der Waals surface area contributed by atoms with Crippen LogP contribution < -0.4 is 0 Å². The summed E-state index contributed by atoms with van der Waals surface area (Å²) in [5, 5.41) is 3.77. The second-order valence-electron chi connectivity index (χ2n) is 6.06. The second-order valence-corrected chi connectivity index (χ2v) is 8.29. The zero-order valence-electron chi connectivity index (χ0n) is 13.3. The average molecular weight is 375 g/mol. The fourth-order valence-corrected chi connectivity index (χ4v) is 4.52. The van der Waals surface area contributed by atoms with Crippen LogP contribution in [0.4, 0.5) is 13.2 Å². The van der Waals surface area contributed by atoms with Crippen molar-refractivity contribution >= 4 is 9.84 Å². The molecule has 10 heteroatoms. The quantitative estimate of drug-likeness (QED) is 0.817. The highest BCUT2D eigenvalue weighted by atomic mass is 32.2. The van der Waals surface area contributed by atoms with E-state index >= 15 is 0 Å². The van der Waals surface area contributed by atoms with Crippen LogP contribution in [0.2, 0.25) is 0 Å². The molecule has 1 fully saturated rings. The molecule has 2 aromatic rings. The van der Waals surface area contributed by atoms with Crippen molar-refractivity contribution in [3.63, 3.8) is 0 Å². The van der Waals surface area contributed by atoms with E-state index in [0.29, 0.717) is 12.0 Å². The first-order chi connectivity index (χ1) is 11.6. The summed E-state index contributed by atoms with van der Waals surface area (Å²) in [6, 6.07) is 4.38. The molecule has 0 aliphatic carbocycles. The molecule has 1 aliphatic heterocycles. The number of aromatic nitrogens is 2. The predicted octanol–water partition coefficient (Wildman–Crippen LogP) is 2.37. The van der Waals surface area contributed by atoms with Crippen LogP contribution in [0.5, 0.6) is 0 Å². The van der Waals surface area contributed by atoms with Gasteiger partial charge >= 0.3 is 6.18 Å². The highest BCUT2D eigenvalue weighted by Crippen LogP contribution is 2.30. The van der Waals surface area contributed by atoms with Crippen LogP contribution in [0.15, 0.2) is 28.8 Å². The molecule has 0 N–H and O–H groups in total. The highest BCUT2D eigenvalue weighted by Gasteiger charge is 2.32.